The molecule has 0 saturated heterocycles. The van der Waals surface area contributed by atoms with Gasteiger partial charge < -0.3 is 15.7 Å². The number of aliphatic hydroxyl groups excluding tert-OH is 1. The van der Waals surface area contributed by atoms with Crippen LogP contribution in [0.25, 0.3) is 10.9 Å². The number of hydrogen-bond donors (Lipinski definition) is 3. The maximum absolute atomic E-state index is 8.83. The summed E-state index contributed by atoms with van der Waals surface area (Å²) in [6, 6.07) is 9.91. The third-order valence-corrected chi connectivity index (χ3v) is 5.64. The van der Waals surface area contributed by atoms with E-state index in [4.69, 9.17) is 16.7 Å². The molecule has 3 rings (SSSR count). The molecule has 0 bridgehead atoms. The van der Waals surface area contributed by atoms with E-state index in [1.54, 1.807) is 0 Å². The van der Waals surface area contributed by atoms with Gasteiger partial charge in [0.05, 0.1) is 5.52 Å². The van der Waals surface area contributed by atoms with Crippen LogP contribution in [0.2, 0.25) is 5.02 Å². The van der Waals surface area contributed by atoms with Gasteiger partial charge in [-0.1, -0.05) is 30.9 Å². The van der Waals surface area contributed by atoms with Crippen molar-refractivity contribution >= 4 is 34.1 Å². The molecule has 1 aromatic carbocycles. The summed E-state index contributed by atoms with van der Waals surface area (Å²) in [7, 11) is 0. The Labute approximate surface area is 195 Å². The molecule has 2 aromatic heterocycles. The van der Waals surface area contributed by atoms with Crippen LogP contribution in [0.3, 0.4) is 0 Å². The molecule has 0 aliphatic carbocycles. The number of halogens is 1. The number of aryl methyl sites for hydroxylation is 2. The maximum atomic E-state index is 8.83. The lowest BCUT2D eigenvalue weighted by atomic mass is 10.1. The Kier molecular flexibility index (Phi) is 9.98. The van der Waals surface area contributed by atoms with Crippen LogP contribution in [0.1, 0.15) is 56.3 Å². The molecule has 7 heteroatoms. The summed E-state index contributed by atoms with van der Waals surface area (Å²) in [4.78, 5) is 13.6. The summed E-state index contributed by atoms with van der Waals surface area (Å²) < 4.78 is 0. The molecule has 6 nitrogen and oxygen atoms in total. The van der Waals surface area contributed by atoms with Crippen LogP contribution in [0.15, 0.2) is 36.5 Å². The van der Waals surface area contributed by atoms with Crippen LogP contribution in [-0.2, 0) is 6.42 Å². The van der Waals surface area contributed by atoms with Crippen LogP contribution in [0.4, 0.5) is 11.6 Å². The van der Waals surface area contributed by atoms with Gasteiger partial charge in [0.15, 0.2) is 0 Å². The summed E-state index contributed by atoms with van der Waals surface area (Å²) in [6.07, 6.45) is 10.3. The monoisotopic (exact) mass is 455 g/mol. The molecule has 0 radical (unpaired) electrons. The predicted octanol–water partition coefficient (Wildman–Crippen LogP) is 5.78. The first-order valence-corrected chi connectivity index (χ1v) is 12.0. The number of rotatable bonds is 14. The minimum absolute atomic E-state index is 0.282. The predicted molar refractivity (Wildman–Crippen MR) is 134 cm³/mol. The van der Waals surface area contributed by atoms with E-state index in [-0.39, 0.29) is 6.61 Å². The van der Waals surface area contributed by atoms with E-state index in [1.165, 1.54) is 0 Å². The Bertz CT molecular complexity index is 982. The van der Waals surface area contributed by atoms with Crippen LogP contribution >= 0.6 is 11.6 Å². The van der Waals surface area contributed by atoms with Crippen LogP contribution in [0.5, 0.6) is 0 Å². The van der Waals surface area contributed by atoms with Gasteiger partial charge >= 0.3 is 0 Å². The minimum atomic E-state index is 0.282. The van der Waals surface area contributed by atoms with E-state index in [0.29, 0.717) is 5.02 Å². The lowest BCUT2D eigenvalue weighted by molar-refractivity contribution is 0.283. The third kappa shape index (κ3) is 7.92. The first-order valence-electron chi connectivity index (χ1n) is 11.6. The normalized spacial score (nSPS) is 11.1. The molecular formula is C25H34ClN5O. The van der Waals surface area contributed by atoms with Crippen LogP contribution < -0.4 is 10.6 Å². The van der Waals surface area contributed by atoms with E-state index >= 15 is 0 Å². The highest BCUT2D eigenvalue weighted by molar-refractivity contribution is 6.31. The number of anilines is 2. The molecule has 0 atom stereocenters. The molecule has 32 heavy (non-hydrogen) atoms. The Morgan fingerprint density at radius 2 is 1.66 bits per heavy atom. The van der Waals surface area contributed by atoms with E-state index in [0.717, 1.165) is 98.4 Å². The Balaban J connectivity index is 1.37. The quantitative estimate of drug-likeness (QED) is 0.267. The van der Waals surface area contributed by atoms with E-state index in [9.17, 15) is 0 Å². The lowest BCUT2D eigenvalue weighted by Gasteiger charge is -2.10. The number of unbranched alkanes of at least 4 members (excludes halogenated alkanes) is 5. The molecule has 3 N–H and O–H groups in total. The highest BCUT2D eigenvalue weighted by atomic mass is 35.5. The van der Waals surface area contributed by atoms with Crippen molar-refractivity contribution in [1.29, 1.82) is 0 Å². The van der Waals surface area contributed by atoms with Crippen molar-refractivity contribution in [3.63, 3.8) is 0 Å². The second-order valence-corrected chi connectivity index (χ2v) is 8.58. The van der Waals surface area contributed by atoms with Gasteiger partial charge in [-0.15, -0.1) is 0 Å². The molecule has 3 aromatic rings. The summed E-state index contributed by atoms with van der Waals surface area (Å²) in [5, 5.41) is 17.5. The largest absolute Gasteiger partial charge is 0.396 e. The smallest absolute Gasteiger partial charge is 0.223 e. The second-order valence-electron chi connectivity index (χ2n) is 8.15. The van der Waals surface area contributed by atoms with Gasteiger partial charge in [0.1, 0.15) is 0 Å². The Morgan fingerprint density at radius 3 is 2.50 bits per heavy atom. The van der Waals surface area contributed by atoms with Gasteiger partial charge in [-0.3, -0.25) is 4.98 Å². The number of nitrogens with one attached hydrogen (secondary N) is 2. The summed E-state index contributed by atoms with van der Waals surface area (Å²) in [5.41, 5.74) is 4.12. The van der Waals surface area contributed by atoms with E-state index in [2.05, 4.69) is 31.7 Å². The van der Waals surface area contributed by atoms with Crippen molar-refractivity contribution in [3.8, 4) is 0 Å². The van der Waals surface area contributed by atoms with Crippen molar-refractivity contribution in [2.45, 2.75) is 58.3 Å². The zero-order valence-corrected chi connectivity index (χ0v) is 19.7. The van der Waals surface area contributed by atoms with Gasteiger partial charge in [-0.05, 0) is 69.4 Å². The zero-order valence-electron chi connectivity index (χ0n) is 18.9. The fourth-order valence-corrected chi connectivity index (χ4v) is 3.90. The number of benzene rings is 1. The first-order chi connectivity index (χ1) is 15.7. The SMILES string of the molecule is Cc1cc(CCCCCNc2ccnc3cc(Cl)ccc23)nc(NCCCCCCO)n1. The molecule has 0 amide bonds. The molecule has 0 unspecified atom stereocenters. The molecular weight excluding hydrogens is 422 g/mol. The van der Waals surface area contributed by atoms with Crippen molar-refractivity contribution < 1.29 is 5.11 Å². The number of fused-ring (bicyclic) bond motifs is 1. The fourth-order valence-electron chi connectivity index (χ4n) is 3.74. The molecule has 0 fully saturated rings. The van der Waals surface area contributed by atoms with Crippen LogP contribution in [0, 0.1) is 6.92 Å². The third-order valence-electron chi connectivity index (χ3n) is 5.41. The first kappa shape index (κ1) is 24.2. The molecule has 0 aliphatic heterocycles. The van der Waals surface area contributed by atoms with E-state index < -0.39 is 0 Å². The van der Waals surface area contributed by atoms with Gasteiger partial charge in [0, 0.05) is 53.4 Å². The fraction of sp³-hybridized carbons (Fsp3) is 0.480. The van der Waals surface area contributed by atoms with Crippen molar-refractivity contribution in [3.05, 3.63) is 52.9 Å². The number of hydrogen-bond acceptors (Lipinski definition) is 6. The number of nitrogens with zero attached hydrogens (tertiary/aromatic N) is 3. The van der Waals surface area contributed by atoms with Gasteiger partial charge in [0.25, 0.3) is 0 Å². The summed E-state index contributed by atoms with van der Waals surface area (Å²) in [6.45, 7) is 4.10. The average Bonchev–Trinajstić information content (AvgIpc) is 2.78. The number of aliphatic hydroxyl groups is 1. The van der Waals surface area contributed by atoms with Gasteiger partial charge in [-0.25, -0.2) is 9.97 Å². The molecule has 172 valence electrons. The summed E-state index contributed by atoms with van der Waals surface area (Å²) >= 11 is 6.07. The van der Waals surface area contributed by atoms with Gasteiger partial charge in [-0.2, -0.15) is 0 Å². The van der Waals surface area contributed by atoms with Crippen molar-refractivity contribution in [2.24, 2.45) is 0 Å². The van der Waals surface area contributed by atoms with Crippen molar-refractivity contribution in [2.75, 3.05) is 30.3 Å². The van der Waals surface area contributed by atoms with E-state index in [1.807, 2.05) is 37.4 Å². The number of aromatic nitrogens is 3. The van der Waals surface area contributed by atoms with Gasteiger partial charge in [0.2, 0.25) is 5.95 Å². The molecule has 0 aliphatic rings. The molecule has 0 saturated carbocycles. The Hall–Kier alpha value is -2.44. The summed E-state index contributed by atoms with van der Waals surface area (Å²) in [5.74, 6) is 0.730. The van der Waals surface area contributed by atoms with Crippen molar-refractivity contribution in [1.82, 2.24) is 15.0 Å². The standard InChI is InChI=1S/C25H34ClN5O/c1-19-17-21(31-25(30-19)29-14-6-2-3-8-16-32)9-5-4-7-13-27-23-12-15-28-24-18-20(26)10-11-22(23)24/h10-12,15,17-18,32H,2-9,13-14,16H2,1H3,(H,27,28)(H,29,30,31). The zero-order chi connectivity index (χ0) is 22.6. The number of pyridine rings is 1. The second kappa shape index (κ2) is 13.2. The lowest BCUT2D eigenvalue weighted by Crippen LogP contribution is -2.08. The highest BCUT2D eigenvalue weighted by Crippen LogP contribution is 2.24. The molecule has 0 spiro atoms. The maximum Gasteiger partial charge on any atom is 0.223 e. The topological polar surface area (TPSA) is 83.0 Å². The average molecular weight is 456 g/mol. The highest BCUT2D eigenvalue weighted by Gasteiger charge is 2.04. The molecule has 2 heterocycles. The Morgan fingerprint density at radius 1 is 0.875 bits per heavy atom. The van der Waals surface area contributed by atoms with Crippen LogP contribution in [-0.4, -0.2) is 39.8 Å². The minimum Gasteiger partial charge on any atom is -0.396 e.